The van der Waals surface area contributed by atoms with Crippen LogP contribution in [0, 0.1) is 10.8 Å². The molecule has 2 unspecified atom stereocenters. The predicted molar refractivity (Wildman–Crippen MR) is 159 cm³/mol. The summed E-state index contributed by atoms with van der Waals surface area (Å²) in [5, 5.41) is 12.7. The van der Waals surface area contributed by atoms with Crippen LogP contribution in [0.5, 0.6) is 0 Å². The standard InChI is InChI=1S/C34H30N4O2/c1-25-33(23-27-15-7-3-8-16-27,31(39)37(35-25)29-19-11-5-12-20-29)34(24-28-17-9-4-10-18-28)26(2)36-38(32(34)40)30-21-13-6-14-22-30/h3-22H,23-24H2,1-2H3. The number of rotatable bonds is 7. The summed E-state index contributed by atoms with van der Waals surface area (Å²) in [6.45, 7) is 3.75. The number of benzene rings is 4. The molecule has 2 atom stereocenters. The molecule has 0 spiro atoms. The van der Waals surface area contributed by atoms with Crippen molar-refractivity contribution in [3.05, 3.63) is 132 Å². The maximum absolute atomic E-state index is 14.9. The molecule has 0 N–H and O–H groups in total. The molecule has 0 aromatic heterocycles. The summed E-state index contributed by atoms with van der Waals surface area (Å²) < 4.78 is 0. The van der Waals surface area contributed by atoms with Gasteiger partial charge in [0.1, 0.15) is 10.8 Å². The van der Waals surface area contributed by atoms with E-state index in [0.717, 1.165) is 11.1 Å². The van der Waals surface area contributed by atoms with Crippen LogP contribution in [0.4, 0.5) is 11.4 Å². The van der Waals surface area contributed by atoms with E-state index in [1.54, 1.807) is 0 Å². The fraction of sp³-hybridized carbons (Fsp3) is 0.176. The van der Waals surface area contributed by atoms with Gasteiger partial charge in [0.15, 0.2) is 0 Å². The number of hydrogen-bond acceptors (Lipinski definition) is 4. The zero-order valence-corrected chi connectivity index (χ0v) is 22.6. The number of hydrazone groups is 2. The third-order valence-corrected chi connectivity index (χ3v) is 8.20. The molecule has 4 aromatic carbocycles. The molecular weight excluding hydrogens is 496 g/mol. The van der Waals surface area contributed by atoms with Gasteiger partial charge in [-0.15, -0.1) is 0 Å². The van der Waals surface area contributed by atoms with E-state index < -0.39 is 10.8 Å². The number of carbonyl (C=O) groups is 2. The normalized spacial score (nSPS) is 22.4. The molecule has 0 bridgehead atoms. The number of para-hydroxylation sites is 2. The van der Waals surface area contributed by atoms with Gasteiger partial charge < -0.3 is 0 Å². The van der Waals surface area contributed by atoms with Crippen LogP contribution >= 0.6 is 0 Å². The lowest BCUT2D eigenvalue weighted by atomic mass is 9.54. The molecule has 2 heterocycles. The zero-order valence-electron chi connectivity index (χ0n) is 22.6. The van der Waals surface area contributed by atoms with Crippen molar-refractivity contribution in [2.75, 3.05) is 10.0 Å². The topological polar surface area (TPSA) is 65.3 Å². The molecule has 2 amide bonds. The zero-order chi connectivity index (χ0) is 27.7. The second-order valence-corrected chi connectivity index (χ2v) is 10.4. The van der Waals surface area contributed by atoms with Gasteiger partial charge in [0.25, 0.3) is 11.8 Å². The van der Waals surface area contributed by atoms with E-state index in [-0.39, 0.29) is 11.8 Å². The molecule has 0 saturated heterocycles. The van der Waals surface area contributed by atoms with E-state index in [2.05, 4.69) is 0 Å². The highest BCUT2D eigenvalue weighted by atomic mass is 16.2. The summed E-state index contributed by atoms with van der Waals surface area (Å²) in [6.07, 6.45) is 0.610. The maximum atomic E-state index is 14.9. The van der Waals surface area contributed by atoms with Gasteiger partial charge in [0.05, 0.1) is 22.8 Å². The Bertz CT molecular complexity index is 1480. The van der Waals surface area contributed by atoms with Gasteiger partial charge in [-0.05, 0) is 62.1 Å². The summed E-state index contributed by atoms with van der Waals surface area (Å²) in [4.78, 5) is 29.9. The maximum Gasteiger partial charge on any atom is 0.261 e. The number of nitrogens with zero attached hydrogens (tertiary/aromatic N) is 4. The van der Waals surface area contributed by atoms with Gasteiger partial charge in [-0.2, -0.15) is 20.2 Å². The first-order chi connectivity index (χ1) is 19.5. The van der Waals surface area contributed by atoms with E-state index in [0.29, 0.717) is 35.6 Å². The Labute approximate surface area is 234 Å². The second-order valence-electron chi connectivity index (χ2n) is 10.4. The van der Waals surface area contributed by atoms with Crippen molar-refractivity contribution < 1.29 is 9.59 Å². The Morgan fingerprint density at radius 1 is 0.500 bits per heavy atom. The fourth-order valence-electron chi connectivity index (χ4n) is 6.22. The molecule has 6 rings (SSSR count). The molecule has 40 heavy (non-hydrogen) atoms. The lowest BCUT2D eigenvalue weighted by Crippen LogP contribution is -2.61. The first-order valence-corrected chi connectivity index (χ1v) is 13.5. The van der Waals surface area contributed by atoms with E-state index in [1.807, 2.05) is 135 Å². The van der Waals surface area contributed by atoms with Crippen LogP contribution in [0.25, 0.3) is 0 Å². The first-order valence-electron chi connectivity index (χ1n) is 13.5. The number of anilines is 2. The highest BCUT2D eigenvalue weighted by Gasteiger charge is 2.70. The van der Waals surface area contributed by atoms with Crippen molar-refractivity contribution >= 4 is 34.6 Å². The molecule has 2 aliphatic rings. The second kappa shape index (κ2) is 10.0. The van der Waals surface area contributed by atoms with Crippen molar-refractivity contribution in [3.63, 3.8) is 0 Å². The SMILES string of the molecule is CC1=NN(c2ccccc2)C(=O)C1(Cc1ccccc1)C1(Cc2ccccc2)C(=O)N(c2ccccc2)N=C1C. The van der Waals surface area contributed by atoms with Crippen molar-refractivity contribution in [3.8, 4) is 0 Å². The van der Waals surface area contributed by atoms with Crippen LogP contribution in [0.1, 0.15) is 25.0 Å². The average molecular weight is 527 g/mol. The predicted octanol–water partition coefficient (Wildman–Crippen LogP) is 6.29. The third-order valence-electron chi connectivity index (χ3n) is 8.20. The molecule has 0 fully saturated rings. The monoisotopic (exact) mass is 526 g/mol. The minimum Gasteiger partial charge on any atom is -0.271 e. The summed E-state index contributed by atoms with van der Waals surface area (Å²) in [7, 11) is 0. The molecule has 6 nitrogen and oxygen atoms in total. The van der Waals surface area contributed by atoms with Gasteiger partial charge in [0.2, 0.25) is 0 Å². The Morgan fingerprint density at radius 3 is 1.12 bits per heavy atom. The first kappa shape index (κ1) is 25.4. The van der Waals surface area contributed by atoms with Crippen LogP contribution in [0.15, 0.2) is 132 Å². The van der Waals surface area contributed by atoms with Crippen LogP contribution in [-0.2, 0) is 22.4 Å². The summed E-state index contributed by atoms with van der Waals surface area (Å²) in [6, 6.07) is 38.6. The van der Waals surface area contributed by atoms with Crippen LogP contribution < -0.4 is 10.0 Å². The van der Waals surface area contributed by atoms with Crippen molar-refractivity contribution in [1.29, 1.82) is 0 Å². The minimum atomic E-state index is -1.31. The van der Waals surface area contributed by atoms with Crippen molar-refractivity contribution in [2.24, 2.45) is 21.0 Å². The Hall–Kier alpha value is -4.84. The number of amides is 2. The molecule has 6 heteroatoms. The molecule has 4 aromatic rings. The fourth-order valence-corrected chi connectivity index (χ4v) is 6.22. The van der Waals surface area contributed by atoms with Gasteiger partial charge in [-0.25, -0.2) is 0 Å². The van der Waals surface area contributed by atoms with E-state index in [1.165, 1.54) is 10.0 Å². The van der Waals surface area contributed by atoms with Gasteiger partial charge in [0, 0.05) is 0 Å². The average Bonchev–Trinajstić information content (AvgIpc) is 3.40. The highest BCUT2D eigenvalue weighted by molar-refractivity contribution is 6.30. The molecule has 0 saturated carbocycles. The van der Waals surface area contributed by atoms with Crippen molar-refractivity contribution in [1.82, 2.24) is 0 Å². The van der Waals surface area contributed by atoms with Crippen LogP contribution in [-0.4, -0.2) is 23.2 Å². The molecule has 0 radical (unpaired) electrons. The van der Waals surface area contributed by atoms with Crippen LogP contribution in [0.2, 0.25) is 0 Å². The molecule has 198 valence electrons. The van der Waals surface area contributed by atoms with Gasteiger partial charge in [-0.3, -0.25) is 9.59 Å². The largest absolute Gasteiger partial charge is 0.271 e. The van der Waals surface area contributed by atoms with Crippen LogP contribution in [0.3, 0.4) is 0 Å². The highest BCUT2D eigenvalue weighted by Crippen LogP contribution is 2.55. The van der Waals surface area contributed by atoms with Gasteiger partial charge in [-0.1, -0.05) is 97.1 Å². The summed E-state index contributed by atoms with van der Waals surface area (Å²) in [5.74, 6) is -0.456. The van der Waals surface area contributed by atoms with E-state index in [9.17, 15) is 9.59 Å². The van der Waals surface area contributed by atoms with Crippen molar-refractivity contribution in [2.45, 2.75) is 26.7 Å². The lowest BCUT2D eigenvalue weighted by molar-refractivity contribution is -0.137. The smallest absolute Gasteiger partial charge is 0.261 e. The Kier molecular flexibility index (Phi) is 6.39. The molecular formula is C34H30N4O2. The van der Waals surface area contributed by atoms with E-state index >= 15 is 0 Å². The summed E-state index contributed by atoms with van der Waals surface area (Å²) >= 11 is 0. The Balaban J connectivity index is 1.60. The Morgan fingerprint density at radius 2 is 0.800 bits per heavy atom. The number of carbonyl (C=O) groups excluding carboxylic acids is 2. The molecule has 2 aliphatic heterocycles. The summed E-state index contributed by atoms with van der Waals surface area (Å²) in [5.41, 5.74) is 1.80. The quantitative estimate of drug-likeness (QED) is 0.284. The lowest BCUT2D eigenvalue weighted by Gasteiger charge is -2.44. The third kappa shape index (κ3) is 3.87. The minimum absolute atomic E-state index is 0.228. The van der Waals surface area contributed by atoms with E-state index in [4.69, 9.17) is 10.2 Å². The molecule has 0 aliphatic carbocycles. The number of hydrogen-bond donors (Lipinski definition) is 0. The van der Waals surface area contributed by atoms with Gasteiger partial charge >= 0.3 is 0 Å².